The maximum absolute atomic E-state index is 13.1. The summed E-state index contributed by atoms with van der Waals surface area (Å²) in [5.41, 5.74) is 6.43. The number of nitrogens with zero attached hydrogens (tertiary/aromatic N) is 1. The molecule has 0 saturated carbocycles. The number of nitrogens with one attached hydrogen (secondary N) is 2. The molecule has 3 amide bonds. The normalized spacial score (nSPS) is 18.5. The van der Waals surface area contributed by atoms with E-state index in [1.54, 1.807) is 24.3 Å². The van der Waals surface area contributed by atoms with Gasteiger partial charge in [-0.1, -0.05) is 44.2 Å². The Morgan fingerprint density at radius 1 is 1.12 bits per heavy atom. The Balaban J connectivity index is 2.19. The molecule has 1 fully saturated rings. The minimum absolute atomic E-state index is 0.0438. The number of aliphatic hydroxyl groups excluding tert-OH is 1. The van der Waals surface area contributed by atoms with Crippen molar-refractivity contribution in [1.82, 2.24) is 15.5 Å². The van der Waals surface area contributed by atoms with E-state index < -0.39 is 54.5 Å². The van der Waals surface area contributed by atoms with Gasteiger partial charge >= 0.3 is 5.97 Å². The number of aliphatic hydroxyl groups is 1. The molecule has 1 aliphatic rings. The quantitative estimate of drug-likeness (QED) is 0.300. The first-order chi connectivity index (χ1) is 15.6. The van der Waals surface area contributed by atoms with Crippen LogP contribution in [0.15, 0.2) is 30.3 Å². The summed E-state index contributed by atoms with van der Waals surface area (Å²) >= 11 is 0. The second-order valence-corrected chi connectivity index (χ2v) is 8.76. The average Bonchev–Trinajstić information content (AvgIpc) is 3.27. The molecule has 1 aromatic rings. The van der Waals surface area contributed by atoms with Gasteiger partial charge in [-0.25, -0.2) is 4.79 Å². The van der Waals surface area contributed by atoms with E-state index in [4.69, 9.17) is 5.73 Å². The minimum Gasteiger partial charge on any atom is -0.480 e. The summed E-state index contributed by atoms with van der Waals surface area (Å²) in [6.07, 6.45) is 1.40. The first kappa shape index (κ1) is 26.3. The van der Waals surface area contributed by atoms with E-state index in [1.165, 1.54) is 4.90 Å². The largest absolute Gasteiger partial charge is 0.480 e. The van der Waals surface area contributed by atoms with Crippen molar-refractivity contribution in [3.63, 3.8) is 0 Å². The van der Waals surface area contributed by atoms with Gasteiger partial charge in [-0.15, -0.1) is 0 Å². The molecule has 1 aromatic carbocycles. The Labute approximate surface area is 193 Å². The number of aliphatic carboxylic acids is 1. The predicted molar refractivity (Wildman–Crippen MR) is 121 cm³/mol. The fourth-order valence-corrected chi connectivity index (χ4v) is 3.89. The van der Waals surface area contributed by atoms with Crippen LogP contribution in [0.2, 0.25) is 0 Å². The molecule has 0 aliphatic carbocycles. The van der Waals surface area contributed by atoms with Gasteiger partial charge in [0.2, 0.25) is 17.7 Å². The van der Waals surface area contributed by atoms with E-state index >= 15 is 0 Å². The van der Waals surface area contributed by atoms with Crippen LogP contribution in [0.4, 0.5) is 0 Å². The lowest BCUT2D eigenvalue weighted by Crippen LogP contribution is -2.57. The van der Waals surface area contributed by atoms with Crippen LogP contribution in [0.5, 0.6) is 0 Å². The molecule has 1 saturated heterocycles. The van der Waals surface area contributed by atoms with Crippen LogP contribution >= 0.6 is 0 Å². The Morgan fingerprint density at radius 2 is 1.79 bits per heavy atom. The number of nitrogens with two attached hydrogens (primary N) is 1. The summed E-state index contributed by atoms with van der Waals surface area (Å²) < 4.78 is 0. The fourth-order valence-electron chi connectivity index (χ4n) is 3.89. The second-order valence-electron chi connectivity index (χ2n) is 8.76. The molecule has 10 heteroatoms. The van der Waals surface area contributed by atoms with Crippen molar-refractivity contribution in [3.05, 3.63) is 35.9 Å². The van der Waals surface area contributed by atoms with Crippen LogP contribution in [-0.2, 0) is 25.6 Å². The number of rotatable bonds is 11. The van der Waals surface area contributed by atoms with E-state index in [9.17, 15) is 29.4 Å². The van der Waals surface area contributed by atoms with Crippen LogP contribution in [0.1, 0.15) is 38.7 Å². The van der Waals surface area contributed by atoms with E-state index in [0.29, 0.717) is 19.4 Å². The lowest BCUT2D eigenvalue weighted by Gasteiger charge is -2.28. The van der Waals surface area contributed by atoms with Gasteiger partial charge < -0.3 is 31.5 Å². The van der Waals surface area contributed by atoms with Gasteiger partial charge in [0, 0.05) is 13.0 Å². The van der Waals surface area contributed by atoms with Crippen LogP contribution < -0.4 is 16.4 Å². The van der Waals surface area contributed by atoms with E-state index in [0.717, 1.165) is 5.56 Å². The molecule has 1 heterocycles. The third-order valence-electron chi connectivity index (χ3n) is 5.59. The van der Waals surface area contributed by atoms with Crippen LogP contribution in [0.25, 0.3) is 0 Å². The van der Waals surface area contributed by atoms with Gasteiger partial charge in [0.25, 0.3) is 0 Å². The highest BCUT2D eigenvalue weighted by Gasteiger charge is 2.37. The summed E-state index contributed by atoms with van der Waals surface area (Å²) in [4.78, 5) is 51.5. The zero-order chi connectivity index (χ0) is 24.5. The van der Waals surface area contributed by atoms with Crippen molar-refractivity contribution in [1.29, 1.82) is 0 Å². The lowest BCUT2D eigenvalue weighted by molar-refractivity contribution is -0.143. The van der Waals surface area contributed by atoms with Crippen molar-refractivity contribution >= 4 is 23.7 Å². The highest BCUT2D eigenvalue weighted by molar-refractivity contribution is 5.94. The minimum atomic E-state index is -1.15. The number of hydrogen-bond acceptors (Lipinski definition) is 6. The van der Waals surface area contributed by atoms with Gasteiger partial charge in [0.05, 0.1) is 6.61 Å². The number of hydrogen-bond donors (Lipinski definition) is 5. The summed E-state index contributed by atoms with van der Waals surface area (Å²) in [5.74, 6) is -2.75. The molecule has 0 spiro atoms. The monoisotopic (exact) mass is 462 g/mol. The summed E-state index contributed by atoms with van der Waals surface area (Å²) in [6.45, 7) is 3.51. The molecule has 0 bridgehead atoms. The molecule has 182 valence electrons. The van der Waals surface area contributed by atoms with Crippen molar-refractivity contribution in [2.75, 3.05) is 13.2 Å². The maximum Gasteiger partial charge on any atom is 0.326 e. The summed E-state index contributed by atoms with van der Waals surface area (Å²) in [5, 5.41) is 23.9. The first-order valence-corrected chi connectivity index (χ1v) is 11.2. The molecule has 33 heavy (non-hydrogen) atoms. The Morgan fingerprint density at radius 3 is 2.36 bits per heavy atom. The molecular weight excluding hydrogens is 428 g/mol. The molecular formula is C23H34N4O6. The zero-order valence-corrected chi connectivity index (χ0v) is 19.1. The van der Waals surface area contributed by atoms with Gasteiger partial charge in [-0.2, -0.15) is 0 Å². The van der Waals surface area contributed by atoms with Gasteiger partial charge in [0.1, 0.15) is 24.2 Å². The second kappa shape index (κ2) is 12.3. The van der Waals surface area contributed by atoms with Crippen molar-refractivity contribution in [2.45, 2.75) is 63.7 Å². The maximum atomic E-state index is 13.1. The zero-order valence-electron chi connectivity index (χ0n) is 19.1. The predicted octanol–water partition coefficient (Wildman–Crippen LogP) is -0.360. The number of carboxylic acid groups (broad SMARTS) is 1. The topological polar surface area (TPSA) is 162 Å². The highest BCUT2D eigenvalue weighted by Crippen LogP contribution is 2.19. The fraction of sp³-hybridized carbons (Fsp3) is 0.565. The Kier molecular flexibility index (Phi) is 9.80. The number of carbonyl (C=O) groups is 4. The molecule has 4 unspecified atom stereocenters. The van der Waals surface area contributed by atoms with Gasteiger partial charge in [-0.3, -0.25) is 14.4 Å². The number of amides is 3. The smallest absolute Gasteiger partial charge is 0.326 e. The van der Waals surface area contributed by atoms with Crippen molar-refractivity contribution in [3.8, 4) is 0 Å². The van der Waals surface area contributed by atoms with Crippen molar-refractivity contribution in [2.24, 2.45) is 11.7 Å². The van der Waals surface area contributed by atoms with Gasteiger partial charge in [-0.05, 0) is 30.7 Å². The third-order valence-corrected chi connectivity index (χ3v) is 5.59. The molecule has 2 rings (SSSR count). The summed E-state index contributed by atoms with van der Waals surface area (Å²) in [7, 11) is 0. The van der Waals surface area contributed by atoms with E-state index in [-0.39, 0.29) is 18.8 Å². The third kappa shape index (κ3) is 7.54. The number of carboxylic acids is 1. The SMILES string of the molecule is CC(C)CC(NC(=O)C(Cc1ccccc1)NC(=O)C1CCCN1C(=O)C(N)CO)C(=O)O. The van der Waals surface area contributed by atoms with Crippen LogP contribution in [0, 0.1) is 5.92 Å². The summed E-state index contributed by atoms with van der Waals surface area (Å²) in [6, 6.07) is 5.00. The number of carbonyl (C=O) groups excluding carboxylic acids is 3. The van der Waals surface area contributed by atoms with Crippen LogP contribution in [0.3, 0.4) is 0 Å². The van der Waals surface area contributed by atoms with Crippen LogP contribution in [-0.4, -0.2) is 76.1 Å². The molecule has 10 nitrogen and oxygen atoms in total. The number of benzene rings is 1. The molecule has 4 atom stereocenters. The molecule has 1 aliphatic heterocycles. The van der Waals surface area contributed by atoms with E-state index in [2.05, 4.69) is 10.6 Å². The molecule has 0 radical (unpaired) electrons. The molecule has 6 N–H and O–H groups in total. The number of likely N-dealkylation sites (tertiary alicyclic amines) is 1. The van der Waals surface area contributed by atoms with Gasteiger partial charge in [0.15, 0.2) is 0 Å². The standard InChI is InChI=1S/C23H34N4O6/c1-14(2)11-18(23(32)33)26-20(29)17(12-15-7-4-3-5-8-15)25-21(30)19-9-6-10-27(19)22(31)16(24)13-28/h3-5,7-8,14,16-19,28H,6,9-13,24H2,1-2H3,(H,25,30)(H,26,29)(H,32,33). The highest BCUT2D eigenvalue weighted by atomic mass is 16.4. The van der Waals surface area contributed by atoms with E-state index in [1.807, 2.05) is 19.9 Å². The Bertz CT molecular complexity index is 832. The first-order valence-electron chi connectivity index (χ1n) is 11.2. The molecule has 0 aromatic heterocycles. The Hall–Kier alpha value is -2.98. The lowest BCUT2D eigenvalue weighted by atomic mass is 10.0. The van der Waals surface area contributed by atoms with Crippen molar-refractivity contribution < 1.29 is 29.4 Å². The average molecular weight is 463 g/mol.